The van der Waals surface area contributed by atoms with Crippen molar-refractivity contribution < 1.29 is 33.4 Å². The Morgan fingerprint density at radius 3 is 2.53 bits per heavy atom. The first-order chi connectivity index (χ1) is 14.3. The van der Waals surface area contributed by atoms with E-state index in [0.29, 0.717) is 16.9 Å². The molecule has 0 bridgehead atoms. The number of carboxylic acid groups (broad SMARTS) is 1. The SMILES string of the molecule is COc1cc(/C=C2/SC(=O)N(Cc3ccc(F)cc3)C2=O)ccc1OC(C)C(=O)O. The molecule has 0 saturated carbocycles. The summed E-state index contributed by atoms with van der Waals surface area (Å²) >= 11 is 0.806. The number of amides is 2. The molecule has 0 aromatic heterocycles. The molecule has 0 radical (unpaired) electrons. The van der Waals surface area contributed by atoms with E-state index >= 15 is 0 Å². The second-order valence-corrected chi connectivity index (χ2v) is 7.40. The number of nitrogens with zero attached hydrogens (tertiary/aromatic N) is 1. The van der Waals surface area contributed by atoms with E-state index in [0.717, 1.165) is 16.7 Å². The van der Waals surface area contributed by atoms with Gasteiger partial charge in [-0.2, -0.15) is 0 Å². The molecule has 156 valence electrons. The highest BCUT2D eigenvalue weighted by Crippen LogP contribution is 2.35. The van der Waals surface area contributed by atoms with Gasteiger partial charge in [0.25, 0.3) is 11.1 Å². The zero-order valence-electron chi connectivity index (χ0n) is 16.1. The lowest BCUT2D eigenvalue weighted by Gasteiger charge is -2.14. The first-order valence-electron chi connectivity index (χ1n) is 8.86. The Labute approximate surface area is 176 Å². The molecule has 1 aliphatic heterocycles. The van der Waals surface area contributed by atoms with Crippen LogP contribution in [-0.2, 0) is 16.1 Å². The van der Waals surface area contributed by atoms with E-state index in [-0.39, 0.29) is 17.2 Å². The van der Waals surface area contributed by atoms with Crippen LogP contribution >= 0.6 is 11.8 Å². The summed E-state index contributed by atoms with van der Waals surface area (Å²) in [5.41, 5.74) is 1.21. The highest BCUT2D eigenvalue weighted by atomic mass is 32.2. The minimum absolute atomic E-state index is 0.0471. The molecule has 7 nitrogen and oxygen atoms in total. The van der Waals surface area contributed by atoms with Crippen LogP contribution in [0.2, 0.25) is 0 Å². The molecule has 30 heavy (non-hydrogen) atoms. The van der Waals surface area contributed by atoms with E-state index in [9.17, 15) is 18.8 Å². The monoisotopic (exact) mass is 431 g/mol. The van der Waals surface area contributed by atoms with Crippen molar-refractivity contribution in [2.24, 2.45) is 0 Å². The molecule has 1 atom stereocenters. The van der Waals surface area contributed by atoms with Crippen LogP contribution in [0, 0.1) is 5.82 Å². The number of methoxy groups -OCH3 is 1. The van der Waals surface area contributed by atoms with Gasteiger partial charge < -0.3 is 14.6 Å². The number of rotatable bonds is 7. The predicted molar refractivity (Wildman–Crippen MR) is 109 cm³/mol. The zero-order chi connectivity index (χ0) is 21.8. The van der Waals surface area contributed by atoms with Gasteiger partial charge in [-0.15, -0.1) is 0 Å². The number of hydrogen-bond acceptors (Lipinski definition) is 6. The van der Waals surface area contributed by atoms with E-state index in [1.807, 2.05) is 0 Å². The van der Waals surface area contributed by atoms with Gasteiger partial charge in [0.2, 0.25) is 0 Å². The average molecular weight is 431 g/mol. The lowest BCUT2D eigenvalue weighted by atomic mass is 10.1. The number of aliphatic carboxylic acids is 1. The number of imide groups is 1. The number of benzene rings is 2. The maximum Gasteiger partial charge on any atom is 0.344 e. The first-order valence-corrected chi connectivity index (χ1v) is 9.67. The molecule has 1 unspecified atom stereocenters. The van der Waals surface area contributed by atoms with E-state index in [2.05, 4.69) is 0 Å². The third kappa shape index (κ3) is 4.80. The number of hydrogen-bond donors (Lipinski definition) is 1. The van der Waals surface area contributed by atoms with Crippen molar-refractivity contribution in [1.29, 1.82) is 0 Å². The van der Waals surface area contributed by atoms with Crippen LogP contribution in [-0.4, -0.2) is 40.3 Å². The predicted octanol–water partition coefficient (Wildman–Crippen LogP) is 3.92. The lowest BCUT2D eigenvalue weighted by Crippen LogP contribution is -2.27. The van der Waals surface area contributed by atoms with Crippen LogP contribution in [0.1, 0.15) is 18.1 Å². The van der Waals surface area contributed by atoms with Crippen LogP contribution in [0.5, 0.6) is 11.5 Å². The van der Waals surface area contributed by atoms with Gasteiger partial charge in [0.15, 0.2) is 17.6 Å². The molecular formula is C21H18FNO6S. The lowest BCUT2D eigenvalue weighted by molar-refractivity contribution is -0.144. The quantitative estimate of drug-likeness (QED) is 0.664. The minimum atomic E-state index is -1.11. The van der Waals surface area contributed by atoms with Crippen molar-refractivity contribution in [2.45, 2.75) is 19.6 Å². The topological polar surface area (TPSA) is 93.1 Å². The summed E-state index contributed by atoms with van der Waals surface area (Å²) in [5, 5.41) is 8.56. The molecular weight excluding hydrogens is 413 g/mol. The Morgan fingerprint density at radius 1 is 1.20 bits per heavy atom. The summed E-state index contributed by atoms with van der Waals surface area (Å²) < 4.78 is 23.6. The van der Waals surface area contributed by atoms with Crippen molar-refractivity contribution in [1.82, 2.24) is 4.90 Å². The molecule has 1 heterocycles. The fraction of sp³-hybridized carbons (Fsp3) is 0.190. The van der Waals surface area contributed by atoms with E-state index in [1.54, 1.807) is 18.2 Å². The number of halogens is 1. The molecule has 9 heteroatoms. The maximum atomic E-state index is 13.0. The molecule has 2 aromatic rings. The maximum absolute atomic E-state index is 13.0. The van der Waals surface area contributed by atoms with Crippen LogP contribution < -0.4 is 9.47 Å². The summed E-state index contributed by atoms with van der Waals surface area (Å²) in [5.74, 6) is -1.42. The van der Waals surface area contributed by atoms with E-state index < -0.39 is 29.0 Å². The Morgan fingerprint density at radius 2 is 1.90 bits per heavy atom. The number of carboxylic acids is 1. The number of carbonyl (C=O) groups excluding carboxylic acids is 2. The molecule has 2 amide bonds. The van der Waals surface area contributed by atoms with Gasteiger partial charge in [-0.05, 0) is 60.2 Å². The smallest absolute Gasteiger partial charge is 0.344 e. The van der Waals surface area contributed by atoms with Crippen LogP contribution in [0.25, 0.3) is 6.08 Å². The summed E-state index contributed by atoms with van der Waals surface area (Å²) in [6.45, 7) is 1.44. The Kier molecular flexibility index (Phi) is 6.41. The molecule has 1 saturated heterocycles. The molecule has 1 N–H and O–H groups in total. The van der Waals surface area contributed by atoms with Crippen molar-refractivity contribution in [3.8, 4) is 11.5 Å². The minimum Gasteiger partial charge on any atom is -0.493 e. The zero-order valence-corrected chi connectivity index (χ0v) is 16.9. The number of ether oxygens (including phenoxy) is 2. The van der Waals surface area contributed by atoms with Crippen LogP contribution in [0.15, 0.2) is 47.4 Å². The summed E-state index contributed by atoms with van der Waals surface area (Å²) in [6.07, 6.45) is 0.482. The standard InChI is InChI=1S/C21H18FNO6S/c1-12(20(25)26)29-16-8-5-14(9-17(16)28-2)10-18-19(24)23(21(27)30-18)11-13-3-6-15(22)7-4-13/h3-10,12H,11H2,1-2H3,(H,25,26)/b18-10+. The van der Waals surface area contributed by atoms with Gasteiger partial charge in [-0.25, -0.2) is 9.18 Å². The van der Waals surface area contributed by atoms with Gasteiger partial charge in [-0.1, -0.05) is 18.2 Å². The highest BCUT2D eigenvalue weighted by Gasteiger charge is 2.35. The van der Waals surface area contributed by atoms with Crippen molar-refractivity contribution in [3.63, 3.8) is 0 Å². The second-order valence-electron chi connectivity index (χ2n) is 6.40. The molecule has 2 aromatic carbocycles. The fourth-order valence-corrected chi connectivity index (χ4v) is 3.51. The average Bonchev–Trinajstić information content (AvgIpc) is 2.97. The molecule has 0 spiro atoms. The molecule has 1 fully saturated rings. The molecule has 3 rings (SSSR count). The molecule has 0 aliphatic carbocycles. The van der Waals surface area contributed by atoms with Crippen LogP contribution in [0.3, 0.4) is 0 Å². The van der Waals surface area contributed by atoms with Crippen molar-refractivity contribution in [2.75, 3.05) is 7.11 Å². The fourth-order valence-electron chi connectivity index (χ4n) is 2.67. The number of carbonyl (C=O) groups is 3. The summed E-state index contributed by atoms with van der Waals surface area (Å²) in [6, 6.07) is 10.3. The Balaban J connectivity index is 1.79. The van der Waals surface area contributed by atoms with Gasteiger partial charge in [-0.3, -0.25) is 14.5 Å². The van der Waals surface area contributed by atoms with Crippen molar-refractivity contribution >= 4 is 35.0 Å². The normalized spacial score (nSPS) is 16.1. The third-order valence-corrected chi connectivity index (χ3v) is 5.17. The largest absolute Gasteiger partial charge is 0.493 e. The van der Waals surface area contributed by atoms with Gasteiger partial charge >= 0.3 is 5.97 Å². The Bertz CT molecular complexity index is 1020. The van der Waals surface area contributed by atoms with Gasteiger partial charge in [0.05, 0.1) is 18.6 Å². The summed E-state index contributed by atoms with van der Waals surface area (Å²) in [7, 11) is 1.41. The van der Waals surface area contributed by atoms with Crippen LogP contribution in [0.4, 0.5) is 9.18 Å². The number of thioether (sulfide) groups is 1. The Hall–Kier alpha value is -3.33. The third-order valence-electron chi connectivity index (χ3n) is 4.26. The van der Waals surface area contributed by atoms with Gasteiger partial charge in [0.1, 0.15) is 5.82 Å². The summed E-state index contributed by atoms with van der Waals surface area (Å²) in [4.78, 5) is 37.2. The highest BCUT2D eigenvalue weighted by molar-refractivity contribution is 8.18. The van der Waals surface area contributed by atoms with Gasteiger partial charge in [0, 0.05) is 0 Å². The molecule has 1 aliphatic rings. The van der Waals surface area contributed by atoms with E-state index in [1.165, 1.54) is 44.4 Å². The van der Waals surface area contributed by atoms with Crippen molar-refractivity contribution in [3.05, 3.63) is 64.3 Å². The second kappa shape index (κ2) is 9.00. The van der Waals surface area contributed by atoms with E-state index in [4.69, 9.17) is 14.6 Å². The first kappa shape index (κ1) is 21.4.